The van der Waals surface area contributed by atoms with Gasteiger partial charge in [-0.3, -0.25) is 4.57 Å². The third-order valence-electron chi connectivity index (χ3n) is 3.43. The largest absolute Gasteiger partial charge is 0.494 e. The van der Waals surface area contributed by atoms with Gasteiger partial charge in [-0.2, -0.15) is 0 Å². The minimum absolute atomic E-state index is 0.149. The van der Waals surface area contributed by atoms with Crippen LogP contribution in [0.1, 0.15) is 16.7 Å². The molecule has 0 saturated carbocycles. The molecule has 0 amide bonds. The first kappa shape index (κ1) is 11.0. The summed E-state index contributed by atoms with van der Waals surface area (Å²) in [6, 6.07) is 7.72. The van der Waals surface area contributed by atoms with Crippen molar-refractivity contribution in [2.45, 2.75) is 19.8 Å². The Kier molecular flexibility index (Phi) is 2.40. The fourth-order valence-corrected chi connectivity index (χ4v) is 2.41. The third kappa shape index (κ3) is 1.51. The van der Waals surface area contributed by atoms with E-state index < -0.39 is 0 Å². The van der Waals surface area contributed by atoms with E-state index in [4.69, 9.17) is 0 Å². The van der Waals surface area contributed by atoms with Crippen LogP contribution in [0.3, 0.4) is 0 Å². The highest BCUT2D eigenvalue weighted by molar-refractivity contribution is 5.55. The van der Waals surface area contributed by atoms with Gasteiger partial charge in [0.05, 0.1) is 5.69 Å². The number of allylic oxidation sites excluding steroid dienone is 2. The molecule has 0 unspecified atom stereocenters. The van der Waals surface area contributed by atoms with Gasteiger partial charge in [-0.25, -0.2) is 0 Å². The molecule has 3 nitrogen and oxygen atoms in total. The Balaban J connectivity index is 2.18. The number of benzene rings is 1. The molecule has 0 bridgehead atoms. The van der Waals surface area contributed by atoms with E-state index in [-0.39, 0.29) is 11.8 Å². The highest BCUT2D eigenvalue weighted by atomic mass is 16.3. The van der Waals surface area contributed by atoms with Crippen molar-refractivity contribution in [1.82, 2.24) is 4.57 Å². The predicted octanol–water partition coefficient (Wildman–Crippen LogP) is 2.85. The summed E-state index contributed by atoms with van der Waals surface area (Å²) in [5, 5.41) is 20.5. The van der Waals surface area contributed by atoms with E-state index in [1.165, 1.54) is 4.57 Å². The first-order valence-corrected chi connectivity index (χ1v) is 6.05. The van der Waals surface area contributed by atoms with Gasteiger partial charge in [-0.05, 0) is 31.9 Å². The van der Waals surface area contributed by atoms with E-state index in [0.29, 0.717) is 12.8 Å². The van der Waals surface area contributed by atoms with Gasteiger partial charge in [0, 0.05) is 11.1 Å². The fraction of sp³-hybridized carbons (Fsp3) is 0.200. The maximum atomic E-state index is 10.2. The van der Waals surface area contributed by atoms with E-state index in [2.05, 4.69) is 0 Å². The third-order valence-corrected chi connectivity index (χ3v) is 3.43. The van der Waals surface area contributed by atoms with E-state index in [1.54, 1.807) is 0 Å². The van der Waals surface area contributed by atoms with Crippen LogP contribution >= 0.6 is 0 Å². The summed E-state index contributed by atoms with van der Waals surface area (Å²) < 4.78 is 1.51. The van der Waals surface area contributed by atoms with Crippen LogP contribution < -0.4 is 0 Å². The molecule has 0 spiro atoms. The minimum Gasteiger partial charge on any atom is -0.494 e. The summed E-state index contributed by atoms with van der Waals surface area (Å²) in [5.74, 6) is 0.298. The van der Waals surface area contributed by atoms with Crippen LogP contribution in [-0.2, 0) is 12.8 Å². The van der Waals surface area contributed by atoms with Crippen molar-refractivity contribution in [2.75, 3.05) is 0 Å². The molecule has 3 rings (SSSR count). The van der Waals surface area contributed by atoms with Gasteiger partial charge in [-0.15, -0.1) is 0 Å². The summed E-state index contributed by atoms with van der Waals surface area (Å²) in [5.41, 5.74) is 3.59. The van der Waals surface area contributed by atoms with E-state index in [0.717, 1.165) is 22.4 Å². The van der Waals surface area contributed by atoms with Crippen molar-refractivity contribution in [3.63, 3.8) is 0 Å². The molecule has 92 valence electrons. The molecule has 1 heterocycles. The lowest BCUT2D eigenvalue weighted by atomic mass is 10.0. The van der Waals surface area contributed by atoms with Crippen LogP contribution in [-0.4, -0.2) is 14.8 Å². The standard InChI is InChI=1S/C15H15NO2/c1-10-6-8-11(9-7-10)16-14(17)12-4-2-3-5-13(12)15(16)18/h2-3,6-9,17-18H,4-5H2,1H3. The van der Waals surface area contributed by atoms with E-state index in [9.17, 15) is 10.2 Å². The zero-order valence-electron chi connectivity index (χ0n) is 10.2. The second-order valence-corrected chi connectivity index (χ2v) is 4.65. The van der Waals surface area contributed by atoms with Crippen molar-refractivity contribution in [3.05, 3.63) is 53.1 Å². The van der Waals surface area contributed by atoms with Gasteiger partial charge in [0.25, 0.3) is 0 Å². The zero-order chi connectivity index (χ0) is 12.7. The van der Waals surface area contributed by atoms with E-state index >= 15 is 0 Å². The molecule has 2 aromatic rings. The lowest BCUT2D eigenvalue weighted by Gasteiger charge is -2.07. The predicted molar refractivity (Wildman–Crippen MR) is 70.4 cm³/mol. The molecule has 2 N–H and O–H groups in total. The molecule has 0 radical (unpaired) electrons. The Bertz CT molecular complexity index is 589. The number of aromatic nitrogens is 1. The number of aryl methyl sites for hydroxylation is 1. The molecular weight excluding hydrogens is 226 g/mol. The Hall–Kier alpha value is -2.16. The van der Waals surface area contributed by atoms with Gasteiger partial charge in [-0.1, -0.05) is 29.8 Å². The highest BCUT2D eigenvalue weighted by Gasteiger charge is 2.23. The van der Waals surface area contributed by atoms with Gasteiger partial charge in [0.15, 0.2) is 0 Å². The van der Waals surface area contributed by atoms with Crippen molar-refractivity contribution in [3.8, 4) is 17.4 Å². The smallest absolute Gasteiger partial charge is 0.202 e. The van der Waals surface area contributed by atoms with E-state index in [1.807, 2.05) is 43.3 Å². The number of aromatic hydroxyl groups is 2. The number of hydrogen-bond acceptors (Lipinski definition) is 2. The van der Waals surface area contributed by atoms with Gasteiger partial charge in [0.2, 0.25) is 11.8 Å². The van der Waals surface area contributed by atoms with Crippen LogP contribution in [0.5, 0.6) is 11.8 Å². The summed E-state index contributed by atoms with van der Waals surface area (Å²) in [4.78, 5) is 0. The summed E-state index contributed by atoms with van der Waals surface area (Å²) in [7, 11) is 0. The molecule has 1 aliphatic carbocycles. The molecule has 0 atom stereocenters. The van der Waals surface area contributed by atoms with Crippen molar-refractivity contribution >= 4 is 0 Å². The topological polar surface area (TPSA) is 45.4 Å². The first-order chi connectivity index (χ1) is 8.68. The highest BCUT2D eigenvalue weighted by Crippen LogP contribution is 2.39. The van der Waals surface area contributed by atoms with Crippen LogP contribution in [0, 0.1) is 6.92 Å². The molecule has 0 aliphatic heterocycles. The number of hydrogen-bond donors (Lipinski definition) is 2. The number of nitrogens with zero attached hydrogens (tertiary/aromatic N) is 1. The molecule has 3 heteroatoms. The second kappa shape index (κ2) is 3.95. The average Bonchev–Trinajstić information content (AvgIpc) is 2.64. The fourth-order valence-electron chi connectivity index (χ4n) is 2.41. The Morgan fingerprint density at radius 1 is 0.889 bits per heavy atom. The Morgan fingerprint density at radius 3 is 1.89 bits per heavy atom. The SMILES string of the molecule is Cc1ccc(-n2c(O)c3c(c2O)CC=CC3)cc1. The minimum atomic E-state index is 0.149. The summed E-state index contributed by atoms with van der Waals surface area (Å²) in [6.07, 6.45) is 5.38. The number of fused-ring (bicyclic) bond motifs is 1. The molecular formula is C15H15NO2. The molecule has 18 heavy (non-hydrogen) atoms. The van der Waals surface area contributed by atoms with Crippen LogP contribution in [0.25, 0.3) is 5.69 Å². The molecule has 1 aromatic carbocycles. The maximum absolute atomic E-state index is 10.2. The van der Waals surface area contributed by atoms with Crippen LogP contribution in [0.4, 0.5) is 0 Å². The van der Waals surface area contributed by atoms with Crippen LogP contribution in [0.2, 0.25) is 0 Å². The molecule has 0 fully saturated rings. The van der Waals surface area contributed by atoms with Gasteiger partial charge in [0.1, 0.15) is 0 Å². The quantitative estimate of drug-likeness (QED) is 0.754. The summed E-state index contributed by atoms with van der Waals surface area (Å²) >= 11 is 0. The van der Waals surface area contributed by atoms with Crippen LogP contribution in [0.15, 0.2) is 36.4 Å². The molecule has 1 aromatic heterocycles. The maximum Gasteiger partial charge on any atom is 0.202 e. The monoisotopic (exact) mass is 241 g/mol. The van der Waals surface area contributed by atoms with Crippen molar-refractivity contribution < 1.29 is 10.2 Å². The lowest BCUT2D eigenvalue weighted by Crippen LogP contribution is -1.93. The lowest BCUT2D eigenvalue weighted by molar-refractivity contribution is 0.400. The zero-order valence-corrected chi connectivity index (χ0v) is 10.2. The Labute approximate surface area is 106 Å². The molecule has 1 aliphatic rings. The normalized spacial score (nSPS) is 13.6. The first-order valence-electron chi connectivity index (χ1n) is 6.05. The van der Waals surface area contributed by atoms with Gasteiger partial charge < -0.3 is 10.2 Å². The Morgan fingerprint density at radius 2 is 1.39 bits per heavy atom. The average molecular weight is 241 g/mol. The van der Waals surface area contributed by atoms with Crippen molar-refractivity contribution in [2.24, 2.45) is 0 Å². The number of rotatable bonds is 1. The summed E-state index contributed by atoms with van der Waals surface area (Å²) in [6.45, 7) is 2.01. The van der Waals surface area contributed by atoms with Gasteiger partial charge >= 0.3 is 0 Å². The molecule has 0 saturated heterocycles. The second-order valence-electron chi connectivity index (χ2n) is 4.65. The van der Waals surface area contributed by atoms with Crippen molar-refractivity contribution in [1.29, 1.82) is 0 Å².